The van der Waals surface area contributed by atoms with Gasteiger partial charge in [-0.25, -0.2) is 0 Å². The molecular weight excluding hydrogens is 370 g/mol. The smallest absolute Gasteiger partial charge is 0.251 e. The number of likely N-dealkylation sites (tertiary alicyclic amines) is 1. The molecule has 2 aromatic rings. The molecular formula is C22H29N3O4. The second-order valence-electron chi connectivity index (χ2n) is 7.83. The first kappa shape index (κ1) is 19.8. The number of hydrogen-bond acceptors (Lipinski definition) is 6. The highest BCUT2D eigenvalue weighted by molar-refractivity contribution is 5.94. The highest BCUT2D eigenvalue weighted by Crippen LogP contribution is 2.32. The quantitative estimate of drug-likeness (QED) is 0.769. The Hall–Kier alpha value is -2.54. The number of hydrogen-bond donors (Lipinski definition) is 1. The summed E-state index contributed by atoms with van der Waals surface area (Å²) in [4.78, 5) is 15.0. The van der Waals surface area contributed by atoms with Gasteiger partial charge in [-0.2, -0.15) is 0 Å². The van der Waals surface area contributed by atoms with Gasteiger partial charge in [-0.05, 0) is 43.9 Å². The van der Waals surface area contributed by atoms with Crippen LogP contribution in [-0.4, -0.2) is 48.3 Å². The summed E-state index contributed by atoms with van der Waals surface area (Å²) in [6, 6.07) is 7.81. The lowest BCUT2D eigenvalue weighted by Crippen LogP contribution is -2.43. The molecule has 2 aliphatic rings. The first-order chi connectivity index (χ1) is 14.2. The maximum Gasteiger partial charge on any atom is 0.251 e. The van der Waals surface area contributed by atoms with Crippen LogP contribution in [0.4, 0.5) is 0 Å². The van der Waals surface area contributed by atoms with Crippen LogP contribution in [-0.2, 0) is 6.54 Å². The summed E-state index contributed by atoms with van der Waals surface area (Å²) in [6.45, 7) is 2.51. The van der Waals surface area contributed by atoms with Gasteiger partial charge in [-0.1, -0.05) is 18.0 Å². The van der Waals surface area contributed by atoms with Gasteiger partial charge >= 0.3 is 0 Å². The molecule has 2 heterocycles. The lowest BCUT2D eigenvalue weighted by Gasteiger charge is -2.36. The molecule has 156 valence electrons. The van der Waals surface area contributed by atoms with Gasteiger partial charge in [-0.15, -0.1) is 0 Å². The number of nitrogens with zero attached hydrogens (tertiary/aromatic N) is 2. The van der Waals surface area contributed by atoms with Gasteiger partial charge in [0.2, 0.25) is 0 Å². The van der Waals surface area contributed by atoms with Crippen LogP contribution in [0.5, 0.6) is 11.5 Å². The van der Waals surface area contributed by atoms with Crippen LogP contribution in [0.15, 0.2) is 35.1 Å². The molecule has 1 aliphatic carbocycles. The standard InChI is InChI=1S/C22H29N3O4/c1-27-21-14-16(22(26)23-15-17-10-13-28-24-17)6-7-20(21)29-19-8-11-25(12-9-19)18-4-2-3-5-18/h6-7,10,13-14,18-19H,2-5,8-9,11-12,15H2,1H3,(H,23,26). The van der Waals surface area contributed by atoms with E-state index in [1.54, 1.807) is 25.3 Å². The SMILES string of the molecule is COc1cc(C(=O)NCc2ccon2)ccc1OC1CCN(C2CCCC2)CC1. The Balaban J connectivity index is 1.32. The van der Waals surface area contributed by atoms with E-state index >= 15 is 0 Å². The number of aromatic nitrogens is 1. The van der Waals surface area contributed by atoms with E-state index in [9.17, 15) is 4.79 Å². The molecule has 7 heteroatoms. The van der Waals surface area contributed by atoms with Crippen LogP contribution in [0.1, 0.15) is 54.6 Å². The number of methoxy groups -OCH3 is 1. The number of carbonyl (C=O) groups is 1. The van der Waals surface area contributed by atoms with Crippen molar-refractivity contribution in [2.75, 3.05) is 20.2 Å². The van der Waals surface area contributed by atoms with E-state index in [1.807, 2.05) is 6.07 Å². The molecule has 1 aliphatic heterocycles. The van der Waals surface area contributed by atoms with Gasteiger partial charge in [0.15, 0.2) is 11.5 Å². The molecule has 1 saturated heterocycles. The van der Waals surface area contributed by atoms with Crippen molar-refractivity contribution in [3.05, 3.63) is 41.8 Å². The van der Waals surface area contributed by atoms with Crippen molar-refractivity contribution < 1.29 is 18.8 Å². The first-order valence-corrected chi connectivity index (χ1v) is 10.5. The van der Waals surface area contributed by atoms with Crippen molar-refractivity contribution in [1.82, 2.24) is 15.4 Å². The summed E-state index contributed by atoms with van der Waals surface area (Å²) >= 11 is 0. The number of ether oxygens (including phenoxy) is 2. The van der Waals surface area contributed by atoms with Crippen molar-refractivity contribution in [2.45, 2.75) is 57.2 Å². The van der Waals surface area contributed by atoms with Crippen molar-refractivity contribution in [3.8, 4) is 11.5 Å². The van der Waals surface area contributed by atoms with Crippen molar-refractivity contribution >= 4 is 5.91 Å². The minimum Gasteiger partial charge on any atom is -0.493 e. The molecule has 29 heavy (non-hydrogen) atoms. The summed E-state index contributed by atoms with van der Waals surface area (Å²) in [7, 11) is 1.60. The Morgan fingerprint density at radius 3 is 2.66 bits per heavy atom. The Morgan fingerprint density at radius 2 is 1.97 bits per heavy atom. The third-order valence-electron chi connectivity index (χ3n) is 5.96. The van der Waals surface area contributed by atoms with E-state index in [-0.39, 0.29) is 12.0 Å². The second kappa shape index (κ2) is 9.31. The fourth-order valence-electron chi connectivity index (χ4n) is 4.32. The van der Waals surface area contributed by atoms with Crippen LogP contribution in [0.3, 0.4) is 0 Å². The molecule has 0 bridgehead atoms. The lowest BCUT2D eigenvalue weighted by atomic mass is 10.0. The number of rotatable bonds is 7. The molecule has 2 fully saturated rings. The molecule has 1 aromatic heterocycles. The maximum atomic E-state index is 12.4. The third-order valence-corrected chi connectivity index (χ3v) is 5.96. The van der Waals surface area contributed by atoms with E-state index < -0.39 is 0 Å². The molecule has 1 aromatic carbocycles. The van der Waals surface area contributed by atoms with Gasteiger partial charge in [0.05, 0.1) is 13.7 Å². The lowest BCUT2D eigenvalue weighted by molar-refractivity contribution is 0.0750. The highest BCUT2D eigenvalue weighted by Gasteiger charge is 2.28. The zero-order chi connectivity index (χ0) is 20.1. The van der Waals surface area contributed by atoms with Crippen molar-refractivity contribution in [3.63, 3.8) is 0 Å². The van der Waals surface area contributed by atoms with Crippen LogP contribution in [0, 0.1) is 0 Å². The molecule has 1 amide bonds. The molecule has 1 saturated carbocycles. The topological polar surface area (TPSA) is 76.8 Å². The predicted molar refractivity (Wildman–Crippen MR) is 108 cm³/mol. The normalized spacial score (nSPS) is 18.7. The molecule has 0 spiro atoms. The Morgan fingerprint density at radius 1 is 1.17 bits per heavy atom. The van der Waals surface area contributed by atoms with E-state index in [0.29, 0.717) is 29.3 Å². The molecule has 4 rings (SSSR count). The fourth-order valence-corrected chi connectivity index (χ4v) is 4.32. The van der Waals surface area contributed by atoms with Crippen LogP contribution < -0.4 is 14.8 Å². The number of carbonyl (C=O) groups excluding carboxylic acids is 1. The number of benzene rings is 1. The van der Waals surface area contributed by atoms with E-state index in [4.69, 9.17) is 14.0 Å². The average molecular weight is 399 g/mol. The minimum absolute atomic E-state index is 0.188. The fraction of sp³-hybridized carbons (Fsp3) is 0.545. The highest BCUT2D eigenvalue weighted by atomic mass is 16.5. The van der Waals surface area contributed by atoms with Gasteiger partial charge in [0.25, 0.3) is 5.91 Å². The first-order valence-electron chi connectivity index (χ1n) is 10.5. The minimum atomic E-state index is -0.192. The molecule has 7 nitrogen and oxygen atoms in total. The van der Waals surface area contributed by atoms with E-state index in [1.165, 1.54) is 31.9 Å². The largest absolute Gasteiger partial charge is 0.493 e. The monoisotopic (exact) mass is 399 g/mol. The van der Waals surface area contributed by atoms with Crippen molar-refractivity contribution in [2.24, 2.45) is 0 Å². The summed E-state index contributed by atoms with van der Waals surface area (Å²) in [5.74, 6) is 1.08. The molecule has 0 atom stereocenters. The van der Waals surface area contributed by atoms with E-state index in [0.717, 1.165) is 32.0 Å². The number of amides is 1. The number of nitrogens with one attached hydrogen (secondary N) is 1. The van der Waals surface area contributed by atoms with Gasteiger partial charge in [0, 0.05) is 30.8 Å². The maximum absolute atomic E-state index is 12.4. The second-order valence-corrected chi connectivity index (χ2v) is 7.83. The van der Waals surface area contributed by atoms with Crippen LogP contribution >= 0.6 is 0 Å². The molecule has 1 N–H and O–H groups in total. The molecule has 0 unspecified atom stereocenters. The summed E-state index contributed by atoms with van der Waals surface area (Å²) in [6.07, 6.45) is 9.16. The summed E-state index contributed by atoms with van der Waals surface area (Å²) < 4.78 is 16.5. The third kappa shape index (κ3) is 4.90. The Labute approximate surface area is 171 Å². The predicted octanol–water partition coefficient (Wildman–Crippen LogP) is 3.40. The Bertz CT molecular complexity index is 794. The number of piperidine rings is 1. The Kier molecular flexibility index (Phi) is 6.34. The van der Waals surface area contributed by atoms with Gasteiger partial charge in [0.1, 0.15) is 18.1 Å². The summed E-state index contributed by atoms with van der Waals surface area (Å²) in [5.41, 5.74) is 1.20. The van der Waals surface area contributed by atoms with Crippen LogP contribution in [0.2, 0.25) is 0 Å². The van der Waals surface area contributed by atoms with E-state index in [2.05, 4.69) is 15.4 Å². The van der Waals surface area contributed by atoms with Gasteiger partial charge in [-0.3, -0.25) is 4.79 Å². The summed E-state index contributed by atoms with van der Waals surface area (Å²) in [5, 5.41) is 6.61. The zero-order valence-corrected chi connectivity index (χ0v) is 16.9. The van der Waals surface area contributed by atoms with Crippen LogP contribution in [0.25, 0.3) is 0 Å². The molecule has 0 radical (unpaired) electrons. The van der Waals surface area contributed by atoms with Gasteiger partial charge < -0.3 is 24.2 Å². The van der Waals surface area contributed by atoms with Crippen molar-refractivity contribution in [1.29, 1.82) is 0 Å². The average Bonchev–Trinajstić information content (AvgIpc) is 3.47. The zero-order valence-electron chi connectivity index (χ0n) is 16.9.